The molecule has 0 atom stereocenters. The van der Waals surface area contributed by atoms with Gasteiger partial charge in [0.05, 0.1) is 40.1 Å². The molecule has 0 unspecified atom stereocenters. The van der Waals surface area contributed by atoms with Crippen molar-refractivity contribution in [3.8, 4) is 5.88 Å². The Labute approximate surface area is 252 Å². The van der Waals surface area contributed by atoms with Crippen molar-refractivity contribution in [3.63, 3.8) is 0 Å². The lowest BCUT2D eigenvalue weighted by molar-refractivity contribution is -0.145. The summed E-state index contributed by atoms with van der Waals surface area (Å²) in [7, 11) is 0. The Hall–Kier alpha value is -4.09. The van der Waals surface area contributed by atoms with E-state index in [9.17, 15) is 24.3 Å². The van der Waals surface area contributed by atoms with Gasteiger partial charge in [0, 0.05) is 17.7 Å². The molecule has 2 aromatic carbocycles. The molecular weight excluding hydrogens is 589 g/mol. The fourth-order valence-corrected chi connectivity index (χ4v) is 4.64. The molecule has 11 nitrogen and oxygen atoms in total. The zero-order valence-electron chi connectivity index (χ0n) is 23.4. The molecule has 0 saturated carbocycles. The molecule has 2 N–H and O–H groups in total. The smallest absolute Gasteiger partial charge is 0.344 e. The number of anilines is 1. The first-order valence-corrected chi connectivity index (χ1v) is 14.0. The van der Waals surface area contributed by atoms with Gasteiger partial charge < -0.3 is 24.6 Å². The zero-order chi connectivity index (χ0) is 30.8. The maximum absolute atomic E-state index is 12.9. The highest BCUT2D eigenvalue weighted by Crippen LogP contribution is 2.30. The second kappa shape index (κ2) is 15.2. The molecular formula is C29H31Cl2N3O8. The molecule has 3 aromatic rings. The number of carbonyl (C=O) groups excluding carboxylic acids is 3. The number of nitrogens with one attached hydrogen (secondary N) is 1. The number of carboxylic acid groups (broad SMARTS) is 1. The fourth-order valence-electron chi connectivity index (χ4n) is 4.16. The van der Waals surface area contributed by atoms with E-state index < -0.39 is 29.4 Å². The van der Waals surface area contributed by atoms with E-state index in [4.69, 9.17) is 37.4 Å². The minimum atomic E-state index is -1.38. The molecule has 3 rings (SSSR count). The molecule has 1 aromatic heterocycles. The van der Waals surface area contributed by atoms with Crippen molar-refractivity contribution < 1.29 is 38.5 Å². The molecule has 0 fully saturated rings. The molecule has 13 heteroatoms. The van der Waals surface area contributed by atoms with Gasteiger partial charge in [-0.2, -0.15) is 5.10 Å². The van der Waals surface area contributed by atoms with Crippen LogP contribution in [-0.4, -0.2) is 58.5 Å². The predicted octanol–water partition coefficient (Wildman–Crippen LogP) is 5.19. The molecule has 1 amide bonds. The van der Waals surface area contributed by atoms with Crippen molar-refractivity contribution in [2.24, 2.45) is 0 Å². The number of aryl methyl sites for hydroxylation is 1. The summed E-state index contributed by atoms with van der Waals surface area (Å²) < 4.78 is 17.3. The van der Waals surface area contributed by atoms with Crippen LogP contribution in [0.3, 0.4) is 0 Å². The summed E-state index contributed by atoms with van der Waals surface area (Å²) in [5.41, 5.74) is 1.96. The number of carbonyl (C=O) groups is 4. The van der Waals surface area contributed by atoms with Gasteiger partial charge >= 0.3 is 17.9 Å². The van der Waals surface area contributed by atoms with Gasteiger partial charge in [0.1, 0.15) is 6.54 Å². The average molecular weight is 620 g/mol. The molecule has 0 radical (unpaired) electrons. The van der Waals surface area contributed by atoms with E-state index in [2.05, 4.69) is 10.4 Å². The highest BCUT2D eigenvalue weighted by molar-refractivity contribution is 6.39. The van der Waals surface area contributed by atoms with Crippen LogP contribution in [0, 0.1) is 0 Å². The molecule has 0 aliphatic rings. The van der Waals surface area contributed by atoms with Crippen LogP contribution in [0.2, 0.25) is 10.0 Å². The maximum Gasteiger partial charge on any atom is 0.344 e. The summed E-state index contributed by atoms with van der Waals surface area (Å²) in [6.45, 7) is 5.23. The van der Waals surface area contributed by atoms with Crippen LogP contribution in [0.5, 0.6) is 5.88 Å². The number of amides is 1. The van der Waals surface area contributed by atoms with Crippen LogP contribution < -0.4 is 10.1 Å². The number of hydrogen-bond acceptors (Lipinski definition) is 8. The topological polar surface area (TPSA) is 146 Å². The Bertz CT molecular complexity index is 1450. The Balaban J connectivity index is 1.89. The lowest BCUT2D eigenvalue weighted by Crippen LogP contribution is -2.19. The third-order valence-corrected chi connectivity index (χ3v) is 6.55. The summed E-state index contributed by atoms with van der Waals surface area (Å²) in [6.07, 6.45) is 1.71. The van der Waals surface area contributed by atoms with Gasteiger partial charge in [-0.3, -0.25) is 9.59 Å². The van der Waals surface area contributed by atoms with Crippen LogP contribution in [0.4, 0.5) is 5.69 Å². The van der Waals surface area contributed by atoms with Crippen molar-refractivity contribution in [1.82, 2.24) is 9.78 Å². The Morgan fingerprint density at radius 2 is 1.52 bits per heavy atom. The van der Waals surface area contributed by atoms with Gasteiger partial charge in [0.2, 0.25) is 5.88 Å². The molecule has 0 spiro atoms. The molecule has 1 heterocycles. The SMILES string of the molecule is CCCc1nn(CC(=O)OCC)c(OCC(=O)OCC)c1Cc1ccc(NC(=O)c2c(Cl)ccc(Cl)c2C(=O)O)cc1. The third-order valence-electron chi connectivity index (χ3n) is 5.92. The van der Waals surface area contributed by atoms with Gasteiger partial charge in [-0.25, -0.2) is 14.3 Å². The van der Waals surface area contributed by atoms with Gasteiger partial charge in [-0.15, -0.1) is 0 Å². The molecule has 0 aliphatic carbocycles. The highest BCUT2D eigenvalue weighted by atomic mass is 35.5. The van der Waals surface area contributed by atoms with Crippen LogP contribution in [-0.2, 0) is 38.4 Å². The molecule has 0 aliphatic heterocycles. The van der Waals surface area contributed by atoms with Crippen LogP contribution in [0.1, 0.15) is 64.7 Å². The number of hydrogen-bond donors (Lipinski definition) is 2. The monoisotopic (exact) mass is 619 g/mol. The van der Waals surface area contributed by atoms with E-state index in [1.54, 1.807) is 38.1 Å². The predicted molar refractivity (Wildman–Crippen MR) is 156 cm³/mol. The molecule has 0 saturated heterocycles. The first-order valence-electron chi connectivity index (χ1n) is 13.2. The number of carboxylic acids is 1. The summed E-state index contributed by atoms with van der Waals surface area (Å²) in [6, 6.07) is 9.49. The van der Waals surface area contributed by atoms with Crippen LogP contribution >= 0.6 is 23.2 Å². The Morgan fingerprint density at radius 3 is 2.12 bits per heavy atom. The van der Waals surface area contributed by atoms with Crippen LogP contribution in [0.25, 0.3) is 0 Å². The van der Waals surface area contributed by atoms with E-state index in [1.165, 1.54) is 16.8 Å². The summed E-state index contributed by atoms with van der Waals surface area (Å²) in [5, 5.41) is 16.6. The van der Waals surface area contributed by atoms with Gasteiger partial charge in [-0.05, 0) is 50.1 Å². The van der Waals surface area contributed by atoms with Gasteiger partial charge in [-0.1, -0.05) is 48.7 Å². The van der Waals surface area contributed by atoms with E-state index in [1.807, 2.05) is 6.92 Å². The fraction of sp³-hybridized carbons (Fsp3) is 0.345. The largest absolute Gasteiger partial charge is 0.478 e. The number of aromatic nitrogens is 2. The van der Waals surface area contributed by atoms with Crippen LogP contribution in [0.15, 0.2) is 36.4 Å². The van der Waals surface area contributed by atoms with Crippen molar-refractivity contribution in [3.05, 3.63) is 74.4 Å². The number of esters is 2. The maximum atomic E-state index is 12.9. The number of benzene rings is 2. The minimum absolute atomic E-state index is 0.0513. The zero-order valence-corrected chi connectivity index (χ0v) is 24.9. The van der Waals surface area contributed by atoms with Gasteiger partial charge in [0.25, 0.3) is 5.91 Å². The molecule has 42 heavy (non-hydrogen) atoms. The second-order valence-electron chi connectivity index (χ2n) is 8.95. The normalized spacial score (nSPS) is 10.7. The number of nitrogens with zero attached hydrogens (tertiary/aromatic N) is 2. The number of aromatic carboxylic acids is 1. The summed E-state index contributed by atoms with van der Waals surface area (Å²) >= 11 is 12.1. The van der Waals surface area contributed by atoms with Crippen molar-refractivity contribution in [2.45, 2.75) is 46.6 Å². The highest BCUT2D eigenvalue weighted by Gasteiger charge is 2.25. The van der Waals surface area contributed by atoms with Crippen molar-refractivity contribution in [1.29, 1.82) is 0 Å². The van der Waals surface area contributed by atoms with E-state index in [0.29, 0.717) is 29.8 Å². The lowest BCUT2D eigenvalue weighted by atomic mass is 10.0. The van der Waals surface area contributed by atoms with E-state index in [0.717, 1.165) is 12.0 Å². The Morgan fingerprint density at radius 1 is 0.905 bits per heavy atom. The first kappa shape index (κ1) is 32.4. The second-order valence-corrected chi connectivity index (χ2v) is 9.76. The number of ether oxygens (including phenoxy) is 3. The lowest BCUT2D eigenvalue weighted by Gasteiger charge is -2.12. The number of rotatable bonds is 14. The van der Waals surface area contributed by atoms with Gasteiger partial charge in [0.15, 0.2) is 6.61 Å². The average Bonchev–Trinajstić information content (AvgIpc) is 3.24. The molecule has 0 bridgehead atoms. The first-order chi connectivity index (χ1) is 20.1. The van der Waals surface area contributed by atoms with Crippen molar-refractivity contribution >= 4 is 52.7 Å². The quantitative estimate of drug-likeness (QED) is 0.233. The standard InChI is InChI=1S/C29H31Cl2N3O8/c1-4-7-22-19(28(42-16-24(36)41-6-3)34(33-22)15-23(35)40-5-2)14-17-8-10-18(11-9-17)32-27(37)25-20(30)12-13-21(31)26(25)29(38)39/h8-13H,4-7,14-16H2,1-3H3,(H,32,37)(H,38,39). The molecule has 224 valence electrons. The number of halogens is 2. The van der Waals surface area contributed by atoms with Crippen molar-refractivity contribution in [2.75, 3.05) is 25.1 Å². The summed E-state index contributed by atoms with van der Waals surface area (Å²) in [5.74, 6) is -2.91. The van der Waals surface area contributed by atoms with E-state index >= 15 is 0 Å². The third kappa shape index (κ3) is 8.23. The Kier molecular flexibility index (Phi) is 11.8. The minimum Gasteiger partial charge on any atom is -0.478 e. The summed E-state index contributed by atoms with van der Waals surface area (Å²) in [4.78, 5) is 48.9. The van der Waals surface area contributed by atoms with E-state index in [-0.39, 0.29) is 47.9 Å².